The highest BCUT2D eigenvalue weighted by Gasteiger charge is 2.01. The molecule has 1 nitrogen and oxygen atoms in total. The molecule has 1 rings (SSSR count). The Morgan fingerprint density at radius 3 is 2.00 bits per heavy atom. The number of carbonyl (C=O) groups excluding carboxylic acids is 1. The zero-order valence-corrected chi connectivity index (χ0v) is 8.07. The second-order valence-electron chi connectivity index (χ2n) is 1.70. The first kappa shape index (κ1) is 7.95. The topological polar surface area (TPSA) is 17.1 Å². The highest BCUT2D eigenvalue weighted by atomic mass is 79.9. The Balaban J connectivity index is 3.30. The summed E-state index contributed by atoms with van der Waals surface area (Å²) in [6.45, 7) is 0. The molecule has 1 radical (unpaired) electrons. The average Bonchev–Trinajstić information content (AvgIpc) is 1.88. The van der Waals surface area contributed by atoms with Gasteiger partial charge in [-0.25, -0.2) is 0 Å². The van der Waals surface area contributed by atoms with Crippen LogP contribution in [0.1, 0.15) is 5.56 Å². The summed E-state index contributed by atoms with van der Waals surface area (Å²) in [4.78, 5) is 10.3. The van der Waals surface area contributed by atoms with Crippen LogP contribution in [0.4, 0.5) is 0 Å². The third kappa shape index (κ3) is 1.47. The fraction of sp³-hybridized carbons (Fsp3) is 0. The van der Waals surface area contributed by atoms with Crippen LogP contribution in [-0.2, 0) is 4.79 Å². The van der Waals surface area contributed by atoms with E-state index in [1.807, 2.05) is 12.4 Å². The lowest BCUT2D eigenvalue weighted by atomic mass is 10.2. The normalized spacial score (nSPS) is 9.40. The van der Waals surface area contributed by atoms with Crippen LogP contribution in [-0.4, -0.2) is 6.29 Å². The molecular weight excluding hydrogens is 260 g/mol. The number of hydrogen-bond donors (Lipinski definition) is 0. The van der Waals surface area contributed by atoms with Crippen molar-refractivity contribution in [2.45, 2.75) is 0 Å². The standard InChI is InChI=1S/C7H3Br2O/c8-6-2-1-3-7(9)5(6)4-10/h1-3H. The number of halogens is 2. The van der Waals surface area contributed by atoms with Gasteiger partial charge in [0.15, 0.2) is 0 Å². The second kappa shape index (κ2) is 3.30. The van der Waals surface area contributed by atoms with Crippen molar-refractivity contribution in [2.75, 3.05) is 0 Å². The minimum Gasteiger partial charge on any atom is -0.285 e. The summed E-state index contributed by atoms with van der Waals surface area (Å²) in [5, 5.41) is 0. The van der Waals surface area contributed by atoms with Crippen LogP contribution in [0.5, 0.6) is 0 Å². The number of hydrogen-bond acceptors (Lipinski definition) is 1. The first-order valence-corrected chi connectivity index (χ1v) is 4.16. The van der Waals surface area contributed by atoms with Crippen LogP contribution in [0.25, 0.3) is 0 Å². The maximum absolute atomic E-state index is 10.3. The zero-order valence-electron chi connectivity index (χ0n) is 4.90. The molecular formula is C7H3Br2O. The fourth-order valence-corrected chi connectivity index (χ4v) is 1.76. The Bertz CT molecular complexity index is 238. The van der Waals surface area contributed by atoms with E-state index in [0.29, 0.717) is 5.56 Å². The van der Waals surface area contributed by atoms with Crippen LogP contribution in [0.15, 0.2) is 27.1 Å². The van der Waals surface area contributed by atoms with Crippen LogP contribution >= 0.6 is 31.9 Å². The molecule has 0 saturated heterocycles. The lowest BCUT2D eigenvalue weighted by molar-refractivity contribution is 0.562. The van der Waals surface area contributed by atoms with Gasteiger partial charge in [-0.2, -0.15) is 0 Å². The fourth-order valence-electron chi connectivity index (χ4n) is 0.595. The van der Waals surface area contributed by atoms with E-state index in [9.17, 15) is 4.79 Å². The van der Waals surface area contributed by atoms with E-state index < -0.39 is 0 Å². The molecule has 0 N–H and O–H groups in total. The molecule has 10 heavy (non-hydrogen) atoms. The summed E-state index contributed by atoms with van der Waals surface area (Å²) in [5.41, 5.74) is 0.530. The van der Waals surface area contributed by atoms with Crippen molar-refractivity contribution in [3.8, 4) is 0 Å². The van der Waals surface area contributed by atoms with Gasteiger partial charge in [0.2, 0.25) is 6.29 Å². The molecule has 0 bridgehead atoms. The van der Waals surface area contributed by atoms with E-state index in [1.54, 1.807) is 12.1 Å². The van der Waals surface area contributed by atoms with Gasteiger partial charge in [-0.1, -0.05) is 6.07 Å². The maximum atomic E-state index is 10.3. The zero-order chi connectivity index (χ0) is 7.56. The molecule has 0 aliphatic heterocycles. The quantitative estimate of drug-likeness (QED) is 0.761. The van der Waals surface area contributed by atoms with Crippen molar-refractivity contribution in [3.05, 3.63) is 32.7 Å². The molecule has 0 atom stereocenters. The van der Waals surface area contributed by atoms with Gasteiger partial charge in [0.05, 0.1) is 5.56 Å². The molecule has 0 spiro atoms. The van der Waals surface area contributed by atoms with E-state index >= 15 is 0 Å². The largest absolute Gasteiger partial charge is 0.285 e. The van der Waals surface area contributed by atoms with Crippen molar-refractivity contribution < 1.29 is 4.79 Å². The van der Waals surface area contributed by atoms with E-state index in [1.165, 1.54) is 0 Å². The van der Waals surface area contributed by atoms with Gasteiger partial charge in [0.25, 0.3) is 0 Å². The van der Waals surface area contributed by atoms with Crippen molar-refractivity contribution in [3.63, 3.8) is 0 Å². The lowest BCUT2D eigenvalue weighted by Gasteiger charge is -1.95. The first-order chi connectivity index (χ1) is 4.75. The third-order valence-electron chi connectivity index (χ3n) is 1.06. The first-order valence-electron chi connectivity index (χ1n) is 2.58. The van der Waals surface area contributed by atoms with E-state index in [-0.39, 0.29) is 0 Å². The number of rotatable bonds is 1. The third-order valence-corrected chi connectivity index (χ3v) is 2.39. The molecule has 0 unspecified atom stereocenters. The maximum Gasteiger partial charge on any atom is 0.235 e. The minimum atomic E-state index is 0.530. The molecule has 0 saturated carbocycles. The summed E-state index contributed by atoms with van der Waals surface area (Å²) in [7, 11) is 0. The van der Waals surface area contributed by atoms with E-state index in [4.69, 9.17) is 0 Å². The predicted octanol–water partition coefficient (Wildman–Crippen LogP) is 2.67. The summed E-state index contributed by atoms with van der Waals surface area (Å²) >= 11 is 6.43. The molecule has 1 aromatic carbocycles. The van der Waals surface area contributed by atoms with Crippen molar-refractivity contribution >= 4 is 38.1 Å². The van der Waals surface area contributed by atoms with Crippen LogP contribution in [0, 0.1) is 0 Å². The molecule has 3 heteroatoms. The predicted molar refractivity (Wildman–Crippen MR) is 46.6 cm³/mol. The summed E-state index contributed by atoms with van der Waals surface area (Å²) in [6.07, 6.45) is 1.82. The smallest absolute Gasteiger partial charge is 0.235 e. The van der Waals surface area contributed by atoms with E-state index in [2.05, 4.69) is 31.9 Å². The Hall–Kier alpha value is -0.150. The molecule has 0 amide bonds. The molecule has 0 fully saturated rings. The van der Waals surface area contributed by atoms with Gasteiger partial charge >= 0.3 is 0 Å². The van der Waals surface area contributed by atoms with Crippen LogP contribution in [0.2, 0.25) is 0 Å². The van der Waals surface area contributed by atoms with Gasteiger partial charge in [-0.15, -0.1) is 0 Å². The van der Waals surface area contributed by atoms with Crippen molar-refractivity contribution in [1.29, 1.82) is 0 Å². The lowest BCUT2D eigenvalue weighted by Crippen LogP contribution is -1.83. The van der Waals surface area contributed by atoms with Gasteiger partial charge in [0.1, 0.15) is 0 Å². The van der Waals surface area contributed by atoms with Gasteiger partial charge in [-0.05, 0) is 44.0 Å². The molecule has 51 valence electrons. The van der Waals surface area contributed by atoms with Crippen molar-refractivity contribution in [2.24, 2.45) is 0 Å². The van der Waals surface area contributed by atoms with Gasteiger partial charge in [0, 0.05) is 8.95 Å². The van der Waals surface area contributed by atoms with E-state index in [0.717, 1.165) is 8.95 Å². The Morgan fingerprint density at radius 2 is 1.70 bits per heavy atom. The highest BCUT2D eigenvalue weighted by molar-refractivity contribution is 9.11. The van der Waals surface area contributed by atoms with Crippen LogP contribution < -0.4 is 0 Å². The molecule has 0 heterocycles. The van der Waals surface area contributed by atoms with Gasteiger partial charge < -0.3 is 0 Å². The van der Waals surface area contributed by atoms with Crippen molar-refractivity contribution in [1.82, 2.24) is 0 Å². The van der Waals surface area contributed by atoms with Crippen LogP contribution in [0.3, 0.4) is 0 Å². The summed E-state index contributed by atoms with van der Waals surface area (Å²) < 4.78 is 1.52. The molecule has 1 aromatic rings. The molecule has 0 aromatic heterocycles. The van der Waals surface area contributed by atoms with Gasteiger partial charge in [-0.3, -0.25) is 4.79 Å². The monoisotopic (exact) mass is 261 g/mol. The Labute approximate surface area is 75.7 Å². The highest BCUT2D eigenvalue weighted by Crippen LogP contribution is 2.22. The summed E-state index contributed by atoms with van der Waals surface area (Å²) in [6, 6.07) is 5.44. The summed E-state index contributed by atoms with van der Waals surface area (Å²) in [5.74, 6) is 0. The number of benzene rings is 1. The SMILES string of the molecule is O=[C]c1c(Br)cccc1Br. The Morgan fingerprint density at radius 1 is 1.20 bits per heavy atom. The molecule has 0 aliphatic carbocycles. The second-order valence-corrected chi connectivity index (χ2v) is 3.41. The average molecular weight is 263 g/mol. The molecule has 0 aliphatic rings. The Kier molecular flexibility index (Phi) is 2.63. The minimum absolute atomic E-state index is 0.530.